The molecule has 0 radical (unpaired) electrons. The van der Waals surface area contributed by atoms with Gasteiger partial charge in [-0.15, -0.1) is 0 Å². The molecule has 0 N–H and O–H groups in total. The Bertz CT molecular complexity index is 248. The van der Waals surface area contributed by atoms with Gasteiger partial charge in [0.1, 0.15) is 6.10 Å². The Labute approximate surface area is 100.0 Å². The van der Waals surface area contributed by atoms with Crippen molar-refractivity contribution in [3.63, 3.8) is 0 Å². The van der Waals surface area contributed by atoms with Crippen molar-refractivity contribution in [3.8, 4) is 0 Å². The van der Waals surface area contributed by atoms with Gasteiger partial charge >= 0.3 is 0 Å². The van der Waals surface area contributed by atoms with E-state index in [1.54, 1.807) is 14.0 Å². The van der Waals surface area contributed by atoms with E-state index in [2.05, 4.69) is 33.9 Å². The highest BCUT2D eigenvalue weighted by atomic mass is 28.4. The van der Waals surface area contributed by atoms with Crippen molar-refractivity contribution < 1.29 is 14.1 Å². The first kappa shape index (κ1) is 15.6. The first-order valence-electron chi connectivity index (χ1n) is 5.52. The van der Waals surface area contributed by atoms with Gasteiger partial charge < -0.3 is 4.43 Å². The van der Waals surface area contributed by atoms with Gasteiger partial charge in [0.25, 0.3) is 5.91 Å². The Morgan fingerprint density at radius 2 is 1.75 bits per heavy atom. The summed E-state index contributed by atoms with van der Waals surface area (Å²) in [5.74, 6) is -0.146. The molecule has 0 unspecified atom stereocenters. The number of hydrogen-bond acceptors (Lipinski definition) is 3. The minimum Gasteiger partial charge on any atom is -0.405 e. The smallest absolute Gasteiger partial charge is 0.273 e. The molecule has 0 saturated carbocycles. The van der Waals surface area contributed by atoms with Crippen molar-refractivity contribution in [1.82, 2.24) is 5.06 Å². The molecule has 0 aliphatic heterocycles. The fourth-order valence-electron chi connectivity index (χ4n) is 1.02. The molecule has 16 heavy (non-hydrogen) atoms. The molecular weight excluding hydrogens is 222 g/mol. The molecule has 0 aromatic rings. The average molecular weight is 247 g/mol. The fourth-order valence-corrected chi connectivity index (χ4v) is 2.35. The summed E-state index contributed by atoms with van der Waals surface area (Å²) in [6, 6.07) is 0. The van der Waals surface area contributed by atoms with Gasteiger partial charge in [-0.1, -0.05) is 20.8 Å². The summed E-state index contributed by atoms with van der Waals surface area (Å²) in [5.41, 5.74) is 0. The first-order valence-corrected chi connectivity index (χ1v) is 8.43. The summed E-state index contributed by atoms with van der Waals surface area (Å²) in [7, 11) is 1.17. The van der Waals surface area contributed by atoms with E-state index in [4.69, 9.17) is 9.26 Å². The Morgan fingerprint density at radius 3 is 2.06 bits per heavy atom. The summed E-state index contributed by atoms with van der Waals surface area (Å²) < 4.78 is 5.95. The van der Waals surface area contributed by atoms with Crippen LogP contribution in [-0.4, -0.2) is 39.5 Å². The Morgan fingerprint density at radius 1 is 1.31 bits per heavy atom. The molecule has 96 valence electrons. The predicted octanol–water partition coefficient (Wildman–Crippen LogP) is 2.42. The van der Waals surface area contributed by atoms with E-state index in [0.717, 1.165) is 0 Å². The molecular formula is C11H25NO3Si. The lowest BCUT2D eigenvalue weighted by molar-refractivity contribution is -0.176. The molecule has 4 nitrogen and oxygen atoms in total. The average Bonchev–Trinajstić information content (AvgIpc) is 2.12. The SMILES string of the molecule is CON(C)C(=O)[C@@H](C)O[Si](C)(C)C(C)(C)C. The van der Waals surface area contributed by atoms with Gasteiger partial charge in [0, 0.05) is 7.05 Å². The zero-order valence-corrected chi connectivity index (χ0v) is 12.7. The predicted molar refractivity (Wildman–Crippen MR) is 67.5 cm³/mol. The third-order valence-corrected chi connectivity index (χ3v) is 7.76. The molecule has 0 bridgehead atoms. The number of hydroxylamine groups is 2. The summed E-state index contributed by atoms with van der Waals surface area (Å²) in [4.78, 5) is 16.6. The van der Waals surface area contributed by atoms with Gasteiger partial charge in [0.15, 0.2) is 8.32 Å². The van der Waals surface area contributed by atoms with Crippen molar-refractivity contribution in [3.05, 3.63) is 0 Å². The first-order chi connectivity index (χ1) is 7.03. The van der Waals surface area contributed by atoms with Gasteiger partial charge in [0.05, 0.1) is 7.11 Å². The Kier molecular flexibility index (Phi) is 5.16. The fraction of sp³-hybridized carbons (Fsp3) is 0.909. The Balaban J connectivity index is 4.57. The molecule has 0 saturated heterocycles. The van der Waals surface area contributed by atoms with E-state index in [0.29, 0.717) is 0 Å². The second-order valence-corrected chi connectivity index (χ2v) is 10.3. The van der Waals surface area contributed by atoms with E-state index in [1.807, 2.05) is 0 Å². The van der Waals surface area contributed by atoms with E-state index in [9.17, 15) is 4.79 Å². The zero-order valence-electron chi connectivity index (χ0n) is 11.7. The van der Waals surface area contributed by atoms with Gasteiger partial charge in [-0.25, -0.2) is 5.06 Å². The van der Waals surface area contributed by atoms with Gasteiger partial charge in [-0.05, 0) is 25.1 Å². The zero-order chi connectivity index (χ0) is 13.1. The molecule has 5 heteroatoms. The van der Waals surface area contributed by atoms with Crippen molar-refractivity contribution in [2.24, 2.45) is 0 Å². The quantitative estimate of drug-likeness (QED) is 0.566. The monoisotopic (exact) mass is 247 g/mol. The highest BCUT2D eigenvalue weighted by Gasteiger charge is 2.40. The second kappa shape index (κ2) is 5.29. The van der Waals surface area contributed by atoms with Crippen LogP contribution in [0.2, 0.25) is 18.1 Å². The topological polar surface area (TPSA) is 38.8 Å². The van der Waals surface area contributed by atoms with Crippen LogP contribution in [-0.2, 0) is 14.1 Å². The molecule has 0 rings (SSSR count). The molecule has 1 amide bonds. The van der Waals surface area contributed by atoms with Crippen LogP contribution >= 0.6 is 0 Å². The number of hydrogen-bond donors (Lipinski definition) is 0. The largest absolute Gasteiger partial charge is 0.405 e. The summed E-state index contributed by atoms with van der Waals surface area (Å²) in [6.45, 7) is 12.5. The van der Waals surface area contributed by atoms with Gasteiger partial charge in [-0.2, -0.15) is 0 Å². The number of likely N-dealkylation sites (N-methyl/N-ethyl adjacent to an activating group) is 1. The maximum atomic E-state index is 11.8. The molecule has 0 aromatic heterocycles. The third kappa shape index (κ3) is 3.88. The lowest BCUT2D eigenvalue weighted by atomic mass is 10.2. The lowest BCUT2D eigenvalue weighted by Gasteiger charge is -2.38. The highest BCUT2D eigenvalue weighted by Crippen LogP contribution is 2.37. The lowest BCUT2D eigenvalue weighted by Crippen LogP contribution is -2.47. The van der Waals surface area contributed by atoms with Crippen LogP contribution in [0.25, 0.3) is 0 Å². The van der Waals surface area contributed by atoms with Crippen molar-refractivity contribution >= 4 is 14.2 Å². The molecule has 0 aliphatic carbocycles. The van der Waals surface area contributed by atoms with Crippen LogP contribution in [0.3, 0.4) is 0 Å². The molecule has 0 aromatic carbocycles. The molecule has 1 atom stereocenters. The minimum absolute atomic E-state index is 0.104. The van der Waals surface area contributed by atoms with Crippen LogP contribution in [0.1, 0.15) is 27.7 Å². The van der Waals surface area contributed by atoms with E-state index < -0.39 is 14.4 Å². The standard InChI is InChI=1S/C11H25NO3Si/c1-9(10(13)12(5)14-6)15-16(7,8)11(2,3)4/h9H,1-8H3/t9-/m1/s1. The van der Waals surface area contributed by atoms with Crippen LogP contribution in [0.4, 0.5) is 0 Å². The van der Waals surface area contributed by atoms with Crippen LogP contribution in [0.15, 0.2) is 0 Å². The van der Waals surface area contributed by atoms with Crippen molar-refractivity contribution in [1.29, 1.82) is 0 Å². The number of nitrogens with zero attached hydrogens (tertiary/aromatic N) is 1. The highest BCUT2D eigenvalue weighted by molar-refractivity contribution is 6.74. The molecule has 0 heterocycles. The molecule has 0 spiro atoms. The minimum atomic E-state index is -1.89. The van der Waals surface area contributed by atoms with Crippen LogP contribution in [0, 0.1) is 0 Å². The van der Waals surface area contributed by atoms with Gasteiger partial charge in [0.2, 0.25) is 0 Å². The number of carbonyl (C=O) groups is 1. The second-order valence-electron chi connectivity index (χ2n) is 5.54. The van der Waals surface area contributed by atoms with Crippen LogP contribution in [0.5, 0.6) is 0 Å². The summed E-state index contributed by atoms with van der Waals surface area (Å²) in [6.07, 6.45) is -0.453. The van der Waals surface area contributed by atoms with E-state index in [1.165, 1.54) is 12.2 Å². The number of amides is 1. The normalized spacial score (nSPS) is 14.8. The number of carbonyl (C=O) groups excluding carboxylic acids is 1. The maximum Gasteiger partial charge on any atom is 0.273 e. The maximum absolute atomic E-state index is 11.8. The molecule has 0 fully saturated rings. The van der Waals surface area contributed by atoms with Crippen molar-refractivity contribution in [2.45, 2.75) is 51.9 Å². The third-order valence-electron chi connectivity index (χ3n) is 3.21. The van der Waals surface area contributed by atoms with E-state index in [-0.39, 0.29) is 10.9 Å². The summed E-state index contributed by atoms with van der Waals surface area (Å²) >= 11 is 0. The van der Waals surface area contributed by atoms with E-state index >= 15 is 0 Å². The van der Waals surface area contributed by atoms with Crippen molar-refractivity contribution in [2.75, 3.05) is 14.2 Å². The molecule has 0 aliphatic rings. The van der Waals surface area contributed by atoms with Crippen LogP contribution < -0.4 is 0 Å². The Hall–Kier alpha value is -0.393. The summed E-state index contributed by atoms with van der Waals surface area (Å²) in [5, 5.41) is 1.31. The van der Waals surface area contributed by atoms with Gasteiger partial charge in [-0.3, -0.25) is 9.63 Å². The number of rotatable bonds is 4.